The quantitative estimate of drug-likeness (QED) is 0.186. The van der Waals surface area contributed by atoms with Crippen molar-refractivity contribution in [1.82, 2.24) is 29.3 Å². The molecule has 0 saturated carbocycles. The average Bonchev–Trinajstić information content (AvgIpc) is 3.57. The van der Waals surface area contributed by atoms with Gasteiger partial charge in [0.1, 0.15) is 17.8 Å². The number of anilines is 1. The summed E-state index contributed by atoms with van der Waals surface area (Å²) in [7, 11) is 0. The number of amides is 2. The van der Waals surface area contributed by atoms with Crippen molar-refractivity contribution in [3.63, 3.8) is 0 Å². The van der Waals surface area contributed by atoms with Gasteiger partial charge in [0.2, 0.25) is 5.95 Å². The number of aromatic amines is 1. The number of fused-ring (bicyclic) bond motifs is 1. The van der Waals surface area contributed by atoms with Crippen LogP contribution >= 0.6 is 15.9 Å². The van der Waals surface area contributed by atoms with E-state index in [1.54, 1.807) is 4.57 Å². The van der Waals surface area contributed by atoms with E-state index in [0.29, 0.717) is 29.1 Å². The van der Waals surface area contributed by atoms with E-state index < -0.39 is 11.8 Å². The number of benzene rings is 2. The number of nitrogens with one attached hydrogen (secondary N) is 2. The molecule has 2 amide bonds. The van der Waals surface area contributed by atoms with Gasteiger partial charge in [-0.1, -0.05) is 22.0 Å². The number of aromatic nitrogens is 4. The van der Waals surface area contributed by atoms with E-state index in [1.807, 2.05) is 43.3 Å². The van der Waals surface area contributed by atoms with Crippen molar-refractivity contribution >= 4 is 44.7 Å². The number of ether oxygens (including phenoxy) is 1. The SMILES string of the molecule is Cc1ccc(Br)cc1-n1cnc(C(N)=O)c1C(=O)Nc1nc2ccc(OCCCN3CCN(CCO)CC3)cc2[nH]1. The molecule has 1 fully saturated rings. The Bertz CT molecular complexity index is 1540. The highest BCUT2D eigenvalue weighted by molar-refractivity contribution is 9.10. The fraction of sp³-hybridized carbons (Fsp3) is 0.357. The molecule has 0 aliphatic carbocycles. The number of rotatable bonds is 11. The number of imidazole rings is 2. The van der Waals surface area contributed by atoms with Crippen molar-refractivity contribution in [2.24, 2.45) is 5.73 Å². The maximum absolute atomic E-state index is 13.4. The highest BCUT2D eigenvalue weighted by atomic mass is 79.9. The van der Waals surface area contributed by atoms with Crippen LogP contribution in [0.25, 0.3) is 16.7 Å². The van der Waals surface area contributed by atoms with Crippen molar-refractivity contribution in [3.8, 4) is 11.4 Å². The molecule has 5 rings (SSSR count). The van der Waals surface area contributed by atoms with Gasteiger partial charge in [-0.05, 0) is 43.2 Å². The third-order valence-corrected chi connectivity index (χ3v) is 7.59. The Kier molecular flexibility index (Phi) is 8.98. The molecule has 216 valence electrons. The molecule has 3 heterocycles. The second-order valence-electron chi connectivity index (χ2n) is 9.93. The zero-order valence-electron chi connectivity index (χ0n) is 22.8. The van der Waals surface area contributed by atoms with Crippen LogP contribution < -0.4 is 15.8 Å². The van der Waals surface area contributed by atoms with Crippen LogP contribution in [0.5, 0.6) is 5.75 Å². The number of H-pyrrole nitrogens is 1. The Labute approximate surface area is 245 Å². The van der Waals surface area contributed by atoms with Gasteiger partial charge in [0.15, 0.2) is 5.69 Å². The van der Waals surface area contributed by atoms with E-state index in [-0.39, 0.29) is 23.9 Å². The molecular formula is C28H33BrN8O4. The molecule has 0 radical (unpaired) electrons. The van der Waals surface area contributed by atoms with E-state index >= 15 is 0 Å². The van der Waals surface area contributed by atoms with Crippen LogP contribution in [-0.2, 0) is 0 Å². The molecule has 1 saturated heterocycles. The van der Waals surface area contributed by atoms with Gasteiger partial charge in [0.25, 0.3) is 11.8 Å². The summed E-state index contributed by atoms with van der Waals surface area (Å²) in [6.45, 7) is 8.33. The number of hydrogen-bond acceptors (Lipinski definition) is 8. The molecule has 5 N–H and O–H groups in total. The van der Waals surface area contributed by atoms with Crippen molar-refractivity contribution in [1.29, 1.82) is 0 Å². The number of β-amino-alcohol motifs (C(OH)–C–C–N with tert-alkyl or cyclic N) is 1. The summed E-state index contributed by atoms with van der Waals surface area (Å²) in [4.78, 5) is 41.9. The van der Waals surface area contributed by atoms with Gasteiger partial charge >= 0.3 is 0 Å². The van der Waals surface area contributed by atoms with Crippen molar-refractivity contribution < 1.29 is 19.4 Å². The molecule has 1 aliphatic heterocycles. The Hall–Kier alpha value is -3.78. The Morgan fingerprint density at radius 3 is 2.61 bits per heavy atom. The predicted octanol–water partition coefficient (Wildman–Crippen LogP) is 2.55. The van der Waals surface area contributed by atoms with E-state index in [0.717, 1.165) is 55.7 Å². The molecular weight excluding hydrogens is 592 g/mol. The number of aryl methyl sites for hydroxylation is 1. The number of primary amides is 1. The molecule has 12 nitrogen and oxygen atoms in total. The van der Waals surface area contributed by atoms with Crippen molar-refractivity contribution in [2.75, 3.05) is 57.8 Å². The molecule has 0 atom stereocenters. The second kappa shape index (κ2) is 12.8. The summed E-state index contributed by atoms with van der Waals surface area (Å²) < 4.78 is 8.32. The third kappa shape index (κ3) is 6.76. The summed E-state index contributed by atoms with van der Waals surface area (Å²) in [6, 6.07) is 11.1. The number of aliphatic hydroxyl groups is 1. The molecule has 41 heavy (non-hydrogen) atoms. The highest BCUT2D eigenvalue weighted by Crippen LogP contribution is 2.25. The summed E-state index contributed by atoms with van der Waals surface area (Å²) in [5, 5.41) is 11.8. The number of carbonyl (C=O) groups excluding carboxylic acids is 2. The first-order valence-corrected chi connectivity index (χ1v) is 14.2. The van der Waals surface area contributed by atoms with Crippen LogP contribution in [0.3, 0.4) is 0 Å². The van der Waals surface area contributed by atoms with Crippen LogP contribution in [0.4, 0.5) is 5.95 Å². The van der Waals surface area contributed by atoms with Gasteiger partial charge in [-0.3, -0.25) is 24.4 Å². The summed E-state index contributed by atoms with van der Waals surface area (Å²) in [6.07, 6.45) is 2.30. The molecule has 0 unspecified atom stereocenters. The topological polar surface area (TPSA) is 155 Å². The van der Waals surface area contributed by atoms with Crippen LogP contribution in [0.2, 0.25) is 0 Å². The lowest BCUT2D eigenvalue weighted by atomic mass is 10.2. The Morgan fingerprint density at radius 1 is 1.12 bits per heavy atom. The maximum Gasteiger partial charge on any atom is 0.277 e. The van der Waals surface area contributed by atoms with E-state index in [9.17, 15) is 9.59 Å². The smallest absolute Gasteiger partial charge is 0.277 e. The van der Waals surface area contributed by atoms with Gasteiger partial charge in [0.05, 0.1) is 29.9 Å². The van der Waals surface area contributed by atoms with Gasteiger partial charge in [-0.2, -0.15) is 0 Å². The lowest BCUT2D eigenvalue weighted by molar-refractivity contribution is 0.0970. The third-order valence-electron chi connectivity index (χ3n) is 7.10. The minimum atomic E-state index is -0.808. The molecule has 4 aromatic rings. The number of hydrogen-bond donors (Lipinski definition) is 4. The Balaban J connectivity index is 1.23. The number of nitrogens with zero attached hydrogens (tertiary/aromatic N) is 5. The first kappa shape index (κ1) is 28.7. The fourth-order valence-corrected chi connectivity index (χ4v) is 5.28. The van der Waals surface area contributed by atoms with E-state index in [4.69, 9.17) is 15.6 Å². The molecule has 13 heteroatoms. The number of halogens is 1. The van der Waals surface area contributed by atoms with Gasteiger partial charge < -0.3 is 25.5 Å². The number of carbonyl (C=O) groups is 2. The Morgan fingerprint density at radius 2 is 1.88 bits per heavy atom. The number of aliphatic hydroxyl groups excluding tert-OH is 1. The summed E-state index contributed by atoms with van der Waals surface area (Å²) in [5.74, 6) is -0.470. The molecule has 0 bridgehead atoms. The first-order chi connectivity index (χ1) is 19.8. The van der Waals surface area contributed by atoms with Crippen LogP contribution in [0.15, 0.2) is 47.2 Å². The monoisotopic (exact) mass is 624 g/mol. The molecule has 1 aliphatic rings. The summed E-state index contributed by atoms with van der Waals surface area (Å²) in [5.41, 5.74) is 8.32. The second-order valence-corrected chi connectivity index (χ2v) is 10.8. The normalized spacial score (nSPS) is 14.4. The zero-order valence-corrected chi connectivity index (χ0v) is 24.4. The van der Waals surface area contributed by atoms with Gasteiger partial charge in [0, 0.05) is 49.8 Å². The first-order valence-electron chi connectivity index (χ1n) is 13.5. The molecule has 0 spiro atoms. The van der Waals surface area contributed by atoms with Crippen LogP contribution in [0.1, 0.15) is 33.0 Å². The lowest BCUT2D eigenvalue weighted by Gasteiger charge is -2.34. The lowest BCUT2D eigenvalue weighted by Crippen LogP contribution is -2.47. The number of nitrogens with two attached hydrogens (primary N) is 1. The molecule has 2 aromatic carbocycles. The minimum Gasteiger partial charge on any atom is -0.493 e. The largest absolute Gasteiger partial charge is 0.493 e. The van der Waals surface area contributed by atoms with Crippen LogP contribution in [0, 0.1) is 6.92 Å². The maximum atomic E-state index is 13.4. The summed E-state index contributed by atoms with van der Waals surface area (Å²) >= 11 is 3.45. The minimum absolute atomic E-state index is 0.0120. The average molecular weight is 626 g/mol. The number of piperazine rings is 1. The highest BCUT2D eigenvalue weighted by Gasteiger charge is 2.25. The predicted molar refractivity (Wildman–Crippen MR) is 159 cm³/mol. The fourth-order valence-electron chi connectivity index (χ4n) is 4.93. The van der Waals surface area contributed by atoms with E-state index in [1.165, 1.54) is 6.33 Å². The zero-order chi connectivity index (χ0) is 28.9. The van der Waals surface area contributed by atoms with Gasteiger partial charge in [-0.15, -0.1) is 0 Å². The molecule has 2 aromatic heterocycles. The standard InChI is InChI=1S/C28H33BrN8O4/c1-18-3-4-19(29)15-23(18)37-17-31-24(26(30)39)25(37)27(40)34-28-32-21-6-5-20(16-22(21)33-28)41-14-2-7-35-8-10-36(11-9-35)12-13-38/h3-6,15-17,38H,2,7-14H2,1H3,(H2,30,39)(H2,32,33,34,40). The van der Waals surface area contributed by atoms with Gasteiger partial charge in [-0.25, -0.2) is 9.97 Å². The van der Waals surface area contributed by atoms with Crippen LogP contribution in [-0.4, -0.2) is 98.7 Å². The van der Waals surface area contributed by atoms with E-state index in [2.05, 4.69) is 46.0 Å². The van der Waals surface area contributed by atoms with Crippen molar-refractivity contribution in [2.45, 2.75) is 13.3 Å². The van der Waals surface area contributed by atoms with Crippen molar-refractivity contribution in [3.05, 3.63) is 64.1 Å².